The topological polar surface area (TPSA) is 64.9 Å². The number of benzene rings is 2. The van der Waals surface area contributed by atoms with Crippen molar-refractivity contribution in [2.75, 3.05) is 17.2 Å². The van der Waals surface area contributed by atoms with Gasteiger partial charge in [-0.25, -0.2) is 4.39 Å². The Balaban J connectivity index is 1.94. The normalized spacial score (nSPS) is 9.76. The van der Waals surface area contributed by atoms with Crippen LogP contribution in [-0.2, 0) is 4.79 Å². The minimum absolute atomic E-state index is 0.0234. The van der Waals surface area contributed by atoms with E-state index in [-0.39, 0.29) is 18.1 Å². The van der Waals surface area contributed by atoms with Crippen LogP contribution < -0.4 is 10.6 Å². The molecule has 2 rings (SSSR count). The number of hydrogen-bond acceptors (Lipinski definition) is 3. The van der Waals surface area contributed by atoms with Crippen molar-refractivity contribution in [2.24, 2.45) is 0 Å². The summed E-state index contributed by atoms with van der Waals surface area (Å²) < 4.78 is 14.2. The van der Waals surface area contributed by atoms with E-state index in [4.69, 9.17) is 5.26 Å². The first-order valence-corrected chi connectivity index (χ1v) is 6.87. The number of rotatable bonds is 4. The number of nitrogens with one attached hydrogen (secondary N) is 2. The molecule has 0 saturated heterocycles. The van der Waals surface area contributed by atoms with E-state index in [9.17, 15) is 9.18 Å². The number of halogens is 2. The van der Waals surface area contributed by atoms with Crippen LogP contribution in [0.25, 0.3) is 0 Å². The van der Waals surface area contributed by atoms with Crippen LogP contribution in [0.5, 0.6) is 0 Å². The van der Waals surface area contributed by atoms with Crippen LogP contribution in [0.1, 0.15) is 5.56 Å². The van der Waals surface area contributed by atoms with Crippen LogP contribution in [0.2, 0.25) is 0 Å². The highest BCUT2D eigenvalue weighted by atomic mass is 79.9. The zero-order valence-corrected chi connectivity index (χ0v) is 12.4. The lowest BCUT2D eigenvalue weighted by molar-refractivity contribution is -0.114. The summed E-state index contributed by atoms with van der Waals surface area (Å²) in [6.07, 6.45) is 0. The highest BCUT2D eigenvalue weighted by Crippen LogP contribution is 2.19. The average Bonchev–Trinajstić information content (AvgIpc) is 2.48. The predicted octanol–water partition coefficient (Wildman–Crippen LogP) is 3.51. The Hall–Kier alpha value is -2.39. The van der Waals surface area contributed by atoms with Gasteiger partial charge in [-0.15, -0.1) is 0 Å². The van der Waals surface area contributed by atoms with Gasteiger partial charge < -0.3 is 10.6 Å². The summed E-state index contributed by atoms with van der Waals surface area (Å²) in [6.45, 7) is -0.0234. The number of amides is 1. The fourth-order valence-corrected chi connectivity index (χ4v) is 2.00. The van der Waals surface area contributed by atoms with E-state index in [2.05, 4.69) is 26.6 Å². The maximum Gasteiger partial charge on any atom is 0.243 e. The van der Waals surface area contributed by atoms with Crippen molar-refractivity contribution in [3.63, 3.8) is 0 Å². The molecule has 1 amide bonds. The Bertz CT molecular complexity index is 712. The summed E-state index contributed by atoms with van der Waals surface area (Å²) in [5.74, 6) is -0.886. The molecule has 0 fully saturated rings. The summed E-state index contributed by atoms with van der Waals surface area (Å²) in [5.41, 5.74) is 1.27. The third-order valence-electron chi connectivity index (χ3n) is 2.65. The van der Waals surface area contributed by atoms with E-state index in [1.807, 2.05) is 6.07 Å². The monoisotopic (exact) mass is 347 g/mol. The van der Waals surface area contributed by atoms with Crippen molar-refractivity contribution in [2.45, 2.75) is 0 Å². The van der Waals surface area contributed by atoms with Gasteiger partial charge in [0.2, 0.25) is 5.91 Å². The van der Waals surface area contributed by atoms with Gasteiger partial charge in [-0.05, 0) is 36.4 Å². The van der Waals surface area contributed by atoms with E-state index in [1.54, 1.807) is 30.3 Å². The number of carbonyl (C=O) groups excluding carboxylic acids is 1. The molecule has 2 aromatic carbocycles. The first-order valence-electron chi connectivity index (χ1n) is 6.07. The molecular weight excluding hydrogens is 337 g/mol. The van der Waals surface area contributed by atoms with Crippen molar-refractivity contribution in [1.82, 2.24) is 0 Å². The Labute approximate surface area is 129 Å². The molecule has 0 bridgehead atoms. The van der Waals surface area contributed by atoms with Crippen molar-refractivity contribution in [3.05, 3.63) is 58.3 Å². The molecular formula is C15H11BrFN3O. The van der Waals surface area contributed by atoms with E-state index in [1.165, 1.54) is 12.1 Å². The standard InChI is InChI=1S/C15H11BrFN3O/c16-11-4-5-14(13(17)7-11)20-15(21)9-19-12-3-1-2-10(6-12)8-18/h1-7,19H,9H2,(H,20,21). The van der Waals surface area contributed by atoms with Gasteiger partial charge in [-0.2, -0.15) is 5.26 Å². The van der Waals surface area contributed by atoms with Gasteiger partial charge in [0.25, 0.3) is 0 Å². The largest absolute Gasteiger partial charge is 0.376 e. The van der Waals surface area contributed by atoms with Gasteiger partial charge in [0.1, 0.15) is 5.82 Å². The van der Waals surface area contributed by atoms with E-state index >= 15 is 0 Å². The van der Waals surface area contributed by atoms with Crippen LogP contribution in [0.3, 0.4) is 0 Å². The lowest BCUT2D eigenvalue weighted by Gasteiger charge is -2.09. The van der Waals surface area contributed by atoms with Crippen LogP contribution in [0.4, 0.5) is 15.8 Å². The average molecular weight is 348 g/mol. The van der Waals surface area contributed by atoms with Gasteiger partial charge >= 0.3 is 0 Å². The molecule has 2 aromatic rings. The van der Waals surface area contributed by atoms with Gasteiger partial charge in [-0.1, -0.05) is 22.0 Å². The maximum atomic E-state index is 13.6. The number of nitriles is 1. The van der Waals surface area contributed by atoms with Crippen LogP contribution in [0.15, 0.2) is 46.9 Å². The quantitative estimate of drug-likeness (QED) is 0.889. The summed E-state index contributed by atoms with van der Waals surface area (Å²) in [5, 5.41) is 14.1. The number of anilines is 2. The van der Waals surface area contributed by atoms with Gasteiger partial charge in [0, 0.05) is 10.2 Å². The molecule has 21 heavy (non-hydrogen) atoms. The fourth-order valence-electron chi connectivity index (χ4n) is 1.67. The van der Waals surface area contributed by atoms with Crippen molar-refractivity contribution in [1.29, 1.82) is 5.26 Å². The zero-order chi connectivity index (χ0) is 15.2. The second-order valence-electron chi connectivity index (χ2n) is 4.22. The molecule has 0 aromatic heterocycles. The van der Waals surface area contributed by atoms with Gasteiger partial charge in [0.15, 0.2) is 0 Å². The Morgan fingerprint density at radius 3 is 2.81 bits per heavy atom. The van der Waals surface area contributed by atoms with Crippen LogP contribution in [-0.4, -0.2) is 12.5 Å². The number of nitrogens with zero attached hydrogens (tertiary/aromatic N) is 1. The molecule has 0 aliphatic rings. The smallest absolute Gasteiger partial charge is 0.243 e. The van der Waals surface area contributed by atoms with E-state index < -0.39 is 5.82 Å². The molecule has 0 spiro atoms. The first kappa shape index (κ1) is 15.0. The second kappa shape index (κ2) is 6.86. The first-order chi connectivity index (χ1) is 10.1. The highest BCUT2D eigenvalue weighted by molar-refractivity contribution is 9.10. The van der Waals surface area contributed by atoms with Gasteiger partial charge in [0.05, 0.1) is 23.9 Å². The Morgan fingerprint density at radius 1 is 1.29 bits per heavy atom. The maximum absolute atomic E-state index is 13.6. The summed E-state index contributed by atoms with van der Waals surface area (Å²) in [4.78, 5) is 11.8. The molecule has 0 heterocycles. The molecule has 0 unspecified atom stereocenters. The van der Waals surface area contributed by atoms with E-state index in [0.717, 1.165) is 0 Å². The Kier molecular flexibility index (Phi) is 4.90. The highest BCUT2D eigenvalue weighted by Gasteiger charge is 2.07. The summed E-state index contributed by atoms with van der Waals surface area (Å²) in [7, 11) is 0. The van der Waals surface area contributed by atoms with Crippen LogP contribution in [0, 0.1) is 17.1 Å². The minimum atomic E-state index is -0.510. The number of hydrogen-bond donors (Lipinski definition) is 2. The third-order valence-corrected chi connectivity index (χ3v) is 3.14. The molecule has 0 aliphatic heterocycles. The molecule has 4 nitrogen and oxygen atoms in total. The molecule has 0 radical (unpaired) electrons. The Morgan fingerprint density at radius 2 is 2.10 bits per heavy atom. The molecule has 2 N–H and O–H groups in total. The van der Waals surface area contributed by atoms with Crippen molar-refractivity contribution in [3.8, 4) is 6.07 Å². The minimum Gasteiger partial charge on any atom is -0.376 e. The lowest BCUT2D eigenvalue weighted by Crippen LogP contribution is -2.22. The molecule has 0 atom stereocenters. The van der Waals surface area contributed by atoms with Crippen molar-refractivity contribution >= 4 is 33.2 Å². The lowest BCUT2D eigenvalue weighted by atomic mass is 10.2. The molecule has 106 valence electrons. The molecule has 0 aliphatic carbocycles. The molecule has 6 heteroatoms. The SMILES string of the molecule is N#Cc1cccc(NCC(=O)Nc2ccc(Br)cc2F)c1. The third kappa shape index (κ3) is 4.29. The zero-order valence-electron chi connectivity index (χ0n) is 10.9. The second-order valence-corrected chi connectivity index (χ2v) is 5.13. The van der Waals surface area contributed by atoms with Crippen LogP contribution >= 0.6 is 15.9 Å². The summed E-state index contributed by atoms with van der Waals surface area (Å²) in [6, 6.07) is 13.2. The van der Waals surface area contributed by atoms with E-state index in [0.29, 0.717) is 15.7 Å². The fraction of sp³-hybridized carbons (Fsp3) is 0.0667. The molecule has 0 saturated carbocycles. The predicted molar refractivity (Wildman–Crippen MR) is 82.4 cm³/mol. The number of carbonyl (C=O) groups is 1. The summed E-state index contributed by atoms with van der Waals surface area (Å²) >= 11 is 3.15. The van der Waals surface area contributed by atoms with Gasteiger partial charge in [-0.3, -0.25) is 4.79 Å². The van der Waals surface area contributed by atoms with Crippen molar-refractivity contribution < 1.29 is 9.18 Å².